The topological polar surface area (TPSA) is 49.5 Å². The molecule has 1 aromatic rings. The molecule has 0 fully saturated rings. The molecule has 5 heteroatoms. The smallest absolute Gasteiger partial charge is 0.106 e. The Morgan fingerprint density at radius 2 is 2.27 bits per heavy atom. The Morgan fingerprint density at radius 1 is 1.60 bits per heavy atom. The van der Waals surface area contributed by atoms with Crippen molar-refractivity contribution in [1.29, 1.82) is 0 Å². The van der Waals surface area contributed by atoms with Crippen molar-refractivity contribution in [2.45, 2.75) is 0 Å². The molecule has 0 radical (unpaired) electrons. The first-order chi connectivity index (χ1) is 7.06. The quantitative estimate of drug-likeness (QED) is 0.825. The zero-order valence-corrected chi connectivity index (χ0v) is 10.8. The van der Waals surface area contributed by atoms with E-state index in [0.29, 0.717) is 11.5 Å². The normalized spacial score (nSPS) is 10.1. The second kappa shape index (κ2) is 5.44. The molecule has 3 N–H and O–H groups in total. The monoisotopic (exact) mass is 288 g/mol. The summed E-state index contributed by atoms with van der Waals surface area (Å²) in [6.07, 6.45) is 0. The predicted octanol–water partition coefficient (Wildman–Crippen LogP) is 1.51. The Labute approximate surface area is 103 Å². The fourth-order valence-corrected chi connectivity index (χ4v) is 1.82. The maximum Gasteiger partial charge on any atom is 0.106 e. The van der Waals surface area contributed by atoms with Crippen LogP contribution in [0.2, 0.25) is 0 Å². The van der Waals surface area contributed by atoms with Crippen LogP contribution < -0.4 is 10.6 Å². The summed E-state index contributed by atoms with van der Waals surface area (Å²) in [4.78, 5) is 2.28. The van der Waals surface area contributed by atoms with Crippen LogP contribution in [0.4, 0.5) is 5.69 Å². The van der Waals surface area contributed by atoms with Crippen LogP contribution in [0, 0.1) is 0 Å². The number of hydrogen-bond donors (Lipinski definition) is 2. The van der Waals surface area contributed by atoms with Gasteiger partial charge in [0, 0.05) is 29.3 Å². The van der Waals surface area contributed by atoms with Crippen LogP contribution in [0.25, 0.3) is 0 Å². The fourth-order valence-electron chi connectivity index (χ4n) is 1.30. The van der Waals surface area contributed by atoms with Gasteiger partial charge in [-0.2, -0.15) is 0 Å². The summed E-state index contributed by atoms with van der Waals surface area (Å²) >= 11 is 8.36. The van der Waals surface area contributed by atoms with Gasteiger partial charge in [-0.1, -0.05) is 28.1 Å². The van der Waals surface area contributed by atoms with Crippen LogP contribution in [0.15, 0.2) is 22.7 Å². The second-order valence-corrected chi connectivity index (χ2v) is 4.53. The van der Waals surface area contributed by atoms with E-state index < -0.39 is 0 Å². The second-order valence-electron chi connectivity index (χ2n) is 3.17. The van der Waals surface area contributed by atoms with Crippen LogP contribution in [0.5, 0.6) is 0 Å². The molecule has 0 amide bonds. The third-order valence-electron chi connectivity index (χ3n) is 2.07. The van der Waals surface area contributed by atoms with Crippen LogP contribution in [-0.2, 0) is 0 Å². The molecule has 0 atom stereocenters. The maximum absolute atomic E-state index is 8.88. The first-order valence-electron chi connectivity index (χ1n) is 4.47. The number of nitrogens with two attached hydrogens (primary N) is 1. The first kappa shape index (κ1) is 12.4. The van der Waals surface area contributed by atoms with Crippen molar-refractivity contribution in [2.24, 2.45) is 5.73 Å². The number of benzene rings is 1. The number of hydrogen-bond acceptors (Lipinski definition) is 3. The van der Waals surface area contributed by atoms with E-state index in [-0.39, 0.29) is 6.61 Å². The third kappa shape index (κ3) is 3.15. The van der Waals surface area contributed by atoms with Crippen molar-refractivity contribution >= 4 is 38.8 Å². The molecule has 0 aromatic heterocycles. The molecule has 1 aromatic carbocycles. The summed E-state index contributed by atoms with van der Waals surface area (Å²) in [5, 5.41) is 8.88. The number of halogens is 1. The van der Waals surface area contributed by atoms with Crippen molar-refractivity contribution in [3.8, 4) is 0 Å². The molecule has 15 heavy (non-hydrogen) atoms. The van der Waals surface area contributed by atoms with Gasteiger partial charge in [-0.05, 0) is 18.2 Å². The zero-order chi connectivity index (χ0) is 11.4. The molecule has 0 heterocycles. The van der Waals surface area contributed by atoms with Gasteiger partial charge in [0.2, 0.25) is 0 Å². The van der Waals surface area contributed by atoms with Crippen molar-refractivity contribution in [3.63, 3.8) is 0 Å². The Hall–Kier alpha value is -0.650. The van der Waals surface area contributed by atoms with Crippen LogP contribution in [0.3, 0.4) is 0 Å². The van der Waals surface area contributed by atoms with E-state index in [9.17, 15) is 0 Å². The lowest BCUT2D eigenvalue weighted by molar-refractivity contribution is 0.304. The Bertz CT molecular complexity index is 370. The summed E-state index contributed by atoms with van der Waals surface area (Å²) in [5.74, 6) is 0. The van der Waals surface area contributed by atoms with Crippen molar-refractivity contribution < 1.29 is 5.11 Å². The summed E-state index contributed by atoms with van der Waals surface area (Å²) < 4.78 is 0.960. The molecule has 0 saturated heterocycles. The van der Waals surface area contributed by atoms with Crippen molar-refractivity contribution in [3.05, 3.63) is 28.2 Å². The van der Waals surface area contributed by atoms with E-state index >= 15 is 0 Å². The van der Waals surface area contributed by atoms with Gasteiger partial charge >= 0.3 is 0 Å². The highest BCUT2D eigenvalue weighted by atomic mass is 79.9. The molecule has 1 rings (SSSR count). The minimum Gasteiger partial charge on any atom is -0.395 e. The maximum atomic E-state index is 8.88. The number of aliphatic hydroxyl groups excluding tert-OH is 1. The van der Waals surface area contributed by atoms with Crippen LogP contribution in [-0.4, -0.2) is 30.3 Å². The molecule has 0 aliphatic rings. The van der Waals surface area contributed by atoms with Gasteiger partial charge in [-0.15, -0.1) is 0 Å². The zero-order valence-electron chi connectivity index (χ0n) is 8.40. The summed E-state index contributed by atoms with van der Waals surface area (Å²) in [7, 11) is 1.89. The third-order valence-corrected chi connectivity index (χ3v) is 2.79. The Balaban J connectivity index is 3.12. The molecular weight excluding hydrogens is 276 g/mol. The largest absolute Gasteiger partial charge is 0.395 e. The highest BCUT2D eigenvalue weighted by Crippen LogP contribution is 2.24. The SMILES string of the molecule is CN(CCO)c1cc(Br)ccc1C(N)=S. The molecule has 0 aliphatic heterocycles. The van der Waals surface area contributed by atoms with Gasteiger partial charge in [0.05, 0.1) is 6.61 Å². The first-order valence-corrected chi connectivity index (χ1v) is 5.67. The van der Waals surface area contributed by atoms with Gasteiger partial charge < -0.3 is 15.7 Å². The Morgan fingerprint density at radius 3 is 2.80 bits per heavy atom. The van der Waals surface area contributed by atoms with Gasteiger partial charge in [-0.25, -0.2) is 0 Å². The molecule has 0 spiro atoms. The van der Waals surface area contributed by atoms with Gasteiger partial charge in [0.1, 0.15) is 4.99 Å². The average molecular weight is 289 g/mol. The lowest BCUT2D eigenvalue weighted by atomic mass is 10.1. The van der Waals surface area contributed by atoms with E-state index in [2.05, 4.69) is 15.9 Å². The number of likely N-dealkylation sites (N-methyl/N-ethyl adjacent to an activating group) is 1. The number of rotatable bonds is 4. The number of nitrogens with zero attached hydrogens (tertiary/aromatic N) is 1. The minimum atomic E-state index is 0.0970. The highest BCUT2D eigenvalue weighted by Gasteiger charge is 2.09. The average Bonchev–Trinajstić information content (AvgIpc) is 2.17. The van der Waals surface area contributed by atoms with Crippen LogP contribution in [0.1, 0.15) is 5.56 Å². The van der Waals surface area contributed by atoms with Gasteiger partial charge in [0.15, 0.2) is 0 Å². The fraction of sp³-hybridized carbons (Fsp3) is 0.300. The summed E-state index contributed by atoms with van der Waals surface area (Å²) in [6.45, 7) is 0.645. The predicted molar refractivity (Wildman–Crippen MR) is 70.4 cm³/mol. The summed E-state index contributed by atoms with van der Waals surface area (Å²) in [6, 6.07) is 5.70. The van der Waals surface area contributed by atoms with E-state index in [1.165, 1.54) is 0 Å². The molecular formula is C10H13BrN2OS. The molecule has 0 aliphatic carbocycles. The van der Waals surface area contributed by atoms with E-state index in [1.54, 1.807) is 0 Å². The van der Waals surface area contributed by atoms with Gasteiger partial charge in [0.25, 0.3) is 0 Å². The Kier molecular flexibility index (Phi) is 4.50. The number of thiocarbonyl (C=S) groups is 1. The van der Waals surface area contributed by atoms with Gasteiger partial charge in [-0.3, -0.25) is 0 Å². The van der Waals surface area contributed by atoms with Crippen molar-refractivity contribution in [1.82, 2.24) is 0 Å². The highest BCUT2D eigenvalue weighted by molar-refractivity contribution is 9.10. The van der Waals surface area contributed by atoms with Crippen LogP contribution >= 0.6 is 28.1 Å². The lowest BCUT2D eigenvalue weighted by Gasteiger charge is -2.21. The lowest BCUT2D eigenvalue weighted by Crippen LogP contribution is -2.24. The van der Waals surface area contributed by atoms with E-state index in [0.717, 1.165) is 15.7 Å². The number of aliphatic hydroxyl groups is 1. The number of anilines is 1. The molecule has 0 unspecified atom stereocenters. The van der Waals surface area contributed by atoms with E-state index in [1.807, 2.05) is 30.1 Å². The standard InChI is InChI=1S/C10H13BrN2OS/c1-13(4-5-14)9-6-7(11)2-3-8(9)10(12)15/h2-3,6,14H,4-5H2,1H3,(H2,12,15). The van der Waals surface area contributed by atoms with E-state index in [4.69, 9.17) is 23.1 Å². The summed E-state index contributed by atoms with van der Waals surface area (Å²) in [5.41, 5.74) is 7.37. The van der Waals surface area contributed by atoms with Crippen molar-refractivity contribution in [2.75, 3.05) is 25.1 Å². The molecule has 82 valence electrons. The minimum absolute atomic E-state index is 0.0970. The molecule has 0 saturated carbocycles. The molecule has 0 bridgehead atoms. The molecule has 3 nitrogen and oxygen atoms in total.